The smallest absolute Gasteiger partial charge is 0.333 e. The fraction of sp³-hybridized carbons (Fsp3) is 0.258. The lowest BCUT2D eigenvalue weighted by Gasteiger charge is -2.29. The van der Waals surface area contributed by atoms with Crippen LogP contribution in [-0.4, -0.2) is 11.1 Å². The highest BCUT2D eigenvalue weighted by Crippen LogP contribution is 2.46. The molecule has 1 heterocycles. The average Bonchev–Trinajstić information content (AvgIpc) is 2.84. The molecule has 0 aromatic heterocycles. The Morgan fingerprint density at radius 3 is 2.64 bits per heavy atom. The van der Waals surface area contributed by atoms with Gasteiger partial charge in [0, 0.05) is 22.4 Å². The quantitative estimate of drug-likeness (QED) is 0.279. The van der Waals surface area contributed by atoms with Crippen LogP contribution < -0.4 is 10.1 Å². The number of nitrogens with one attached hydrogen (secondary N) is 1. The molecule has 36 heavy (non-hydrogen) atoms. The first-order valence-corrected chi connectivity index (χ1v) is 12.2. The second kappa shape index (κ2) is 11.7. The highest BCUT2D eigenvalue weighted by Gasteiger charge is 2.28. The zero-order chi connectivity index (χ0) is 26.4. The molecule has 2 N–H and O–H groups in total. The molecule has 0 spiro atoms. The van der Waals surface area contributed by atoms with Crippen LogP contribution in [-0.2, 0) is 4.79 Å². The largest absolute Gasteiger partial charge is 0.478 e. The molecular weight excluding hydrogens is 453 g/mol. The lowest BCUT2D eigenvalue weighted by Crippen LogP contribution is -2.22. The zero-order valence-corrected chi connectivity index (χ0v) is 21.6. The van der Waals surface area contributed by atoms with E-state index in [1.165, 1.54) is 12.1 Å². The molecule has 1 atom stereocenters. The molecule has 1 aliphatic rings. The van der Waals surface area contributed by atoms with Crippen molar-refractivity contribution >= 4 is 17.3 Å². The number of ether oxygens (including phenoxy) is 1. The minimum Gasteiger partial charge on any atom is -0.478 e. The summed E-state index contributed by atoms with van der Waals surface area (Å²) < 4.78 is 20.7. The summed E-state index contributed by atoms with van der Waals surface area (Å²) in [5, 5.41) is 12.9. The van der Waals surface area contributed by atoms with Crippen molar-refractivity contribution in [2.45, 2.75) is 53.5 Å². The third kappa shape index (κ3) is 5.85. The number of aryl methyl sites for hydroxylation is 1. The minimum atomic E-state index is -1.00. The van der Waals surface area contributed by atoms with Crippen molar-refractivity contribution in [3.05, 3.63) is 112 Å². The number of aliphatic carboxylic acids is 1. The van der Waals surface area contributed by atoms with Gasteiger partial charge in [0.2, 0.25) is 0 Å². The monoisotopic (exact) mass is 487 g/mol. The summed E-state index contributed by atoms with van der Waals surface area (Å²) >= 11 is 0. The van der Waals surface area contributed by atoms with Crippen molar-refractivity contribution in [3.8, 4) is 5.75 Å². The van der Waals surface area contributed by atoms with Crippen LogP contribution in [0.4, 0.5) is 4.39 Å². The number of carbonyl (C=O) groups is 1. The summed E-state index contributed by atoms with van der Waals surface area (Å²) in [5.74, 6) is -0.0235. The van der Waals surface area contributed by atoms with Crippen molar-refractivity contribution in [3.63, 3.8) is 0 Å². The number of carboxylic acid groups (broad SMARTS) is 1. The lowest BCUT2D eigenvalue weighted by molar-refractivity contribution is -0.132. The third-order valence-corrected chi connectivity index (χ3v) is 6.19. The Bertz CT molecular complexity index is 1300. The van der Waals surface area contributed by atoms with Gasteiger partial charge in [0.05, 0.1) is 11.6 Å². The Morgan fingerprint density at radius 1 is 1.25 bits per heavy atom. The van der Waals surface area contributed by atoms with E-state index in [9.17, 15) is 14.3 Å². The first kappa shape index (κ1) is 26.7. The fourth-order valence-corrected chi connectivity index (χ4v) is 4.27. The van der Waals surface area contributed by atoms with Gasteiger partial charge in [0.25, 0.3) is 0 Å². The second-order valence-electron chi connectivity index (χ2n) is 9.01. The van der Waals surface area contributed by atoms with Crippen LogP contribution in [0.15, 0.2) is 84.1 Å². The van der Waals surface area contributed by atoms with Crippen LogP contribution in [0.2, 0.25) is 0 Å². The number of benzene rings is 2. The van der Waals surface area contributed by atoms with E-state index in [2.05, 4.69) is 31.0 Å². The van der Waals surface area contributed by atoms with Gasteiger partial charge in [-0.25, -0.2) is 9.18 Å². The van der Waals surface area contributed by atoms with Crippen LogP contribution in [0.25, 0.3) is 11.3 Å². The van der Waals surface area contributed by atoms with E-state index in [1.807, 2.05) is 32.9 Å². The van der Waals surface area contributed by atoms with Crippen LogP contribution in [0.1, 0.15) is 68.8 Å². The number of unbranched alkanes of at least 4 members (excludes halogenated alkanes) is 1. The molecule has 1 unspecified atom stereocenters. The summed E-state index contributed by atoms with van der Waals surface area (Å²) in [4.78, 5) is 11.7. The second-order valence-corrected chi connectivity index (χ2v) is 9.01. The summed E-state index contributed by atoms with van der Waals surface area (Å²) in [6.07, 6.45) is 9.11. The van der Waals surface area contributed by atoms with E-state index in [-0.39, 0.29) is 17.4 Å². The number of fused-ring (bicyclic) bond motifs is 1. The Balaban J connectivity index is 2.18. The Morgan fingerprint density at radius 2 is 2.00 bits per heavy atom. The predicted octanol–water partition coefficient (Wildman–Crippen LogP) is 7.89. The first-order valence-electron chi connectivity index (χ1n) is 12.2. The number of hydrogen-bond acceptors (Lipinski definition) is 3. The van der Waals surface area contributed by atoms with E-state index >= 15 is 0 Å². The van der Waals surface area contributed by atoms with Crippen LogP contribution in [0, 0.1) is 12.7 Å². The predicted molar refractivity (Wildman–Crippen MR) is 145 cm³/mol. The normalized spacial score (nSPS) is 15.9. The molecule has 0 fully saturated rings. The van der Waals surface area contributed by atoms with Crippen LogP contribution in [0.5, 0.6) is 5.75 Å². The topological polar surface area (TPSA) is 58.6 Å². The van der Waals surface area contributed by atoms with Gasteiger partial charge in [-0.3, -0.25) is 0 Å². The lowest BCUT2D eigenvalue weighted by atomic mass is 9.88. The van der Waals surface area contributed by atoms with E-state index in [0.717, 1.165) is 40.7 Å². The van der Waals surface area contributed by atoms with Crippen molar-refractivity contribution < 1.29 is 19.0 Å². The molecule has 1 aliphatic heterocycles. The molecule has 3 rings (SSSR count). The summed E-state index contributed by atoms with van der Waals surface area (Å²) in [7, 11) is 0. The molecule has 0 aliphatic carbocycles. The van der Waals surface area contributed by atoms with E-state index in [0.29, 0.717) is 22.8 Å². The molecule has 0 radical (unpaired) electrons. The first-order chi connectivity index (χ1) is 17.2. The zero-order valence-electron chi connectivity index (χ0n) is 21.6. The van der Waals surface area contributed by atoms with Gasteiger partial charge in [0.1, 0.15) is 17.3 Å². The van der Waals surface area contributed by atoms with Crippen molar-refractivity contribution in [2.75, 3.05) is 0 Å². The molecule has 188 valence electrons. The Kier molecular flexibility index (Phi) is 8.70. The number of rotatable bonds is 9. The molecule has 0 amide bonds. The maximum atomic E-state index is 14.1. The molecule has 0 bridgehead atoms. The van der Waals surface area contributed by atoms with Crippen molar-refractivity contribution in [2.24, 2.45) is 0 Å². The Hall–Kier alpha value is -3.86. The molecule has 0 saturated heterocycles. The van der Waals surface area contributed by atoms with Gasteiger partial charge < -0.3 is 15.2 Å². The summed E-state index contributed by atoms with van der Waals surface area (Å²) in [6.45, 7) is 13.4. The van der Waals surface area contributed by atoms with Crippen molar-refractivity contribution in [1.82, 2.24) is 5.32 Å². The number of hydrogen-bond donors (Lipinski definition) is 2. The van der Waals surface area contributed by atoms with Crippen LogP contribution in [0.3, 0.4) is 0 Å². The molecule has 0 saturated carbocycles. The maximum Gasteiger partial charge on any atom is 0.333 e. The molecule has 2 aromatic carbocycles. The van der Waals surface area contributed by atoms with E-state index in [1.54, 1.807) is 31.2 Å². The van der Waals surface area contributed by atoms with Gasteiger partial charge in [-0.05, 0) is 75.1 Å². The summed E-state index contributed by atoms with van der Waals surface area (Å²) in [6, 6.07) is 10.3. The van der Waals surface area contributed by atoms with E-state index in [4.69, 9.17) is 4.74 Å². The molecule has 2 aromatic rings. The van der Waals surface area contributed by atoms with Crippen molar-refractivity contribution in [1.29, 1.82) is 0 Å². The molecule has 5 heteroatoms. The maximum absolute atomic E-state index is 14.1. The molecular formula is C31H34FNO3. The Labute approximate surface area is 213 Å². The highest BCUT2D eigenvalue weighted by atomic mass is 19.1. The van der Waals surface area contributed by atoms with Gasteiger partial charge in [-0.1, -0.05) is 56.4 Å². The summed E-state index contributed by atoms with van der Waals surface area (Å²) in [5.41, 5.74) is 6.30. The van der Waals surface area contributed by atoms with Gasteiger partial charge in [-0.2, -0.15) is 0 Å². The minimum absolute atomic E-state index is 0.196. The van der Waals surface area contributed by atoms with Gasteiger partial charge in [0.15, 0.2) is 0 Å². The number of allylic oxidation sites excluding steroid dienone is 6. The molecule has 4 nitrogen and oxygen atoms in total. The number of carboxylic acids is 1. The highest BCUT2D eigenvalue weighted by molar-refractivity contribution is 5.93. The van der Waals surface area contributed by atoms with Gasteiger partial charge in [-0.15, -0.1) is 0 Å². The average molecular weight is 488 g/mol. The van der Waals surface area contributed by atoms with Gasteiger partial charge >= 0.3 is 5.97 Å². The van der Waals surface area contributed by atoms with E-state index < -0.39 is 5.97 Å². The fourth-order valence-electron chi connectivity index (χ4n) is 4.27. The SMILES string of the molecule is C=C/C=C\C(NC(C)c1cc(C)cc2c1OC(c1cccc(F)c1)=C(C)C2=CCCC)=C(/C)C(=O)O. The third-order valence-electron chi connectivity index (χ3n) is 6.19. The standard InChI is InChI=1S/C31H34FNO3/c1-7-9-14-25-20(4)29(23-12-11-13-24(32)18-23)36-30-26(16-19(3)17-27(25)30)22(6)33-28(15-10-8-2)21(5)31(34)35/h8,10-18,22,33H,2,7,9H2,1,3-6H3,(H,34,35)/b15-10-,25-14?,28-21-. The number of halogens is 1. The van der Waals surface area contributed by atoms with Crippen LogP contribution >= 0.6 is 0 Å².